The summed E-state index contributed by atoms with van der Waals surface area (Å²) >= 11 is 0. The number of hydrogen-bond acceptors (Lipinski definition) is 1. The molecule has 1 N–H and O–H groups in total. The van der Waals surface area contributed by atoms with Crippen molar-refractivity contribution in [1.29, 1.82) is 0 Å². The fourth-order valence-electron chi connectivity index (χ4n) is 3.26. The quantitative estimate of drug-likeness (QED) is 0.294. The monoisotopic (exact) mass is 392 g/mol. The molecule has 0 aromatic carbocycles. The maximum atomic E-state index is 13.4. The average Bonchev–Trinajstić information content (AvgIpc) is 2.54. The van der Waals surface area contributed by atoms with Gasteiger partial charge in [-0.3, -0.25) is 0 Å². The van der Waals surface area contributed by atoms with Crippen molar-refractivity contribution in [2.45, 2.75) is 105 Å². The van der Waals surface area contributed by atoms with Crippen LogP contribution in [0.25, 0.3) is 0 Å². The number of allylic oxidation sites excluding steroid dienone is 2. The molecule has 0 aliphatic carbocycles. The number of rotatable bonds is 15. The van der Waals surface area contributed by atoms with E-state index >= 15 is 0 Å². The minimum Gasteiger partial charge on any atom is -0.477 e. The Bertz CT molecular complexity index is 447. The molecule has 0 aromatic rings. The predicted octanol–water partition coefficient (Wildman–Crippen LogP) is 7.43. The Labute approximate surface area is 163 Å². The summed E-state index contributed by atoms with van der Waals surface area (Å²) in [4.78, 5) is 10.4. The van der Waals surface area contributed by atoms with Gasteiger partial charge in [0.1, 0.15) is 0 Å². The van der Waals surface area contributed by atoms with Crippen molar-refractivity contribution >= 4 is 5.97 Å². The Hall–Kier alpha value is -1.00. The molecule has 0 aromatic heterocycles. The molecule has 1 unspecified atom stereocenters. The summed E-state index contributed by atoms with van der Waals surface area (Å²) in [5, 5.41) is 8.35. The van der Waals surface area contributed by atoms with Crippen LogP contribution >= 0.6 is 0 Å². The third-order valence-electron chi connectivity index (χ3n) is 5.20. The third kappa shape index (κ3) is 12.1. The highest BCUT2D eigenvalue weighted by Crippen LogP contribution is 2.26. The topological polar surface area (TPSA) is 37.3 Å². The fraction of sp³-hybridized carbons (Fsp3) is 0.864. The van der Waals surface area contributed by atoms with E-state index in [1.54, 1.807) is 6.92 Å². The van der Waals surface area contributed by atoms with E-state index in [-0.39, 0.29) is 0 Å². The van der Waals surface area contributed by atoms with Gasteiger partial charge in [0.25, 0.3) is 0 Å². The van der Waals surface area contributed by atoms with Gasteiger partial charge in [0, 0.05) is 0 Å². The van der Waals surface area contributed by atoms with Gasteiger partial charge in [0.15, 0.2) is 6.17 Å². The van der Waals surface area contributed by atoms with Gasteiger partial charge in [-0.25, -0.2) is 9.18 Å². The van der Waals surface area contributed by atoms with Crippen molar-refractivity contribution in [2.75, 3.05) is 0 Å². The van der Waals surface area contributed by atoms with Crippen molar-refractivity contribution in [1.82, 2.24) is 0 Å². The lowest BCUT2D eigenvalue weighted by Crippen LogP contribution is -2.37. The Morgan fingerprint density at radius 2 is 1.37 bits per heavy atom. The minimum absolute atomic E-state index is 0.481. The van der Waals surface area contributed by atoms with Crippen LogP contribution < -0.4 is 0 Å². The molecule has 0 aliphatic heterocycles. The maximum Gasteiger partial charge on any atom is 0.378 e. The van der Waals surface area contributed by atoms with Crippen molar-refractivity contribution < 1.29 is 23.1 Å². The van der Waals surface area contributed by atoms with E-state index in [0.717, 1.165) is 37.2 Å². The molecule has 3 atom stereocenters. The summed E-state index contributed by atoms with van der Waals surface area (Å²) in [5.41, 5.74) is 0.481. The molecule has 0 amide bonds. The predicted molar refractivity (Wildman–Crippen MR) is 106 cm³/mol. The molecule has 0 spiro atoms. The molecule has 2 nitrogen and oxygen atoms in total. The van der Waals surface area contributed by atoms with Crippen LogP contribution in [0.5, 0.6) is 0 Å². The molecule has 0 heterocycles. The molecule has 0 saturated carbocycles. The Kier molecular flexibility index (Phi) is 12.7. The van der Waals surface area contributed by atoms with Crippen LogP contribution in [0.15, 0.2) is 11.6 Å². The first kappa shape index (κ1) is 26.0. The largest absolute Gasteiger partial charge is 0.477 e. The fourth-order valence-corrected chi connectivity index (χ4v) is 3.26. The van der Waals surface area contributed by atoms with Crippen molar-refractivity contribution in [3.63, 3.8) is 0 Å². The lowest BCUT2D eigenvalue weighted by atomic mass is 9.91. The van der Waals surface area contributed by atoms with Gasteiger partial charge < -0.3 is 5.11 Å². The highest BCUT2D eigenvalue weighted by Gasteiger charge is 2.47. The molecule has 0 rings (SSSR count). The smallest absolute Gasteiger partial charge is 0.378 e. The summed E-state index contributed by atoms with van der Waals surface area (Å²) < 4.78 is 39.5. The van der Waals surface area contributed by atoms with Gasteiger partial charge in [-0.2, -0.15) is 8.78 Å². The van der Waals surface area contributed by atoms with Crippen LogP contribution in [0, 0.1) is 17.8 Å². The van der Waals surface area contributed by atoms with Crippen LogP contribution in [0.4, 0.5) is 13.2 Å². The third-order valence-corrected chi connectivity index (χ3v) is 5.20. The number of hydrogen-bond donors (Lipinski definition) is 1. The number of alkyl halides is 3. The van der Waals surface area contributed by atoms with Gasteiger partial charge in [-0.05, 0) is 43.6 Å². The number of carboxylic acids is 1. The van der Waals surface area contributed by atoms with Crippen molar-refractivity contribution in [2.24, 2.45) is 17.8 Å². The second kappa shape index (κ2) is 13.2. The zero-order valence-corrected chi connectivity index (χ0v) is 17.7. The van der Waals surface area contributed by atoms with Gasteiger partial charge in [0.05, 0.1) is 0 Å². The molecule has 5 heteroatoms. The van der Waals surface area contributed by atoms with Gasteiger partial charge in [-0.1, -0.05) is 78.2 Å². The summed E-state index contributed by atoms with van der Waals surface area (Å²) in [6.07, 6.45) is 7.77. The van der Waals surface area contributed by atoms with Gasteiger partial charge in [-0.15, -0.1) is 0 Å². The van der Waals surface area contributed by atoms with E-state index in [9.17, 15) is 18.0 Å². The zero-order chi connectivity index (χ0) is 21.0. The first-order valence-corrected chi connectivity index (χ1v) is 10.4. The summed E-state index contributed by atoms with van der Waals surface area (Å²) in [6.45, 7) is 10.6. The highest BCUT2D eigenvalue weighted by atomic mass is 19.3. The van der Waals surface area contributed by atoms with Crippen LogP contribution in [-0.2, 0) is 4.79 Å². The summed E-state index contributed by atoms with van der Waals surface area (Å²) in [5.74, 6) is -4.69. The maximum absolute atomic E-state index is 13.4. The highest BCUT2D eigenvalue weighted by molar-refractivity contribution is 5.76. The van der Waals surface area contributed by atoms with E-state index in [2.05, 4.69) is 27.7 Å². The number of carboxylic acid groups (broad SMARTS) is 1. The summed E-state index contributed by atoms with van der Waals surface area (Å²) in [6, 6.07) is 0. The average molecular weight is 393 g/mol. The number of carbonyl (C=O) groups is 1. The molecule has 27 heavy (non-hydrogen) atoms. The van der Waals surface area contributed by atoms with E-state index in [0.29, 0.717) is 17.9 Å². The lowest BCUT2D eigenvalue weighted by Gasteiger charge is -2.16. The normalized spacial score (nSPS) is 16.4. The number of aliphatic carboxylic acids is 1. The van der Waals surface area contributed by atoms with E-state index < -0.39 is 18.1 Å². The standard InChI is InChI=1S/C22H39F3O2/c1-16(2)9-6-10-17(3)11-7-12-18(4)13-8-14-19(5)15-20(23)22(24,25)21(26)27/h15-18,20H,6-14H2,1-5H3,(H,26,27)/b19-15+/t17-,18-,20?/m1/s1. The van der Waals surface area contributed by atoms with E-state index in [1.165, 1.54) is 32.1 Å². The molecule has 0 aliphatic rings. The Morgan fingerprint density at radius 3 is 1.81 bits per heavy atom. The SMILES string of the molecule is C/C(=C\C(F)C(F)(F)C(=O)O)CCC[C@H](C)CCC[C@H](C)CCCC(C)C. The molecule has 0 bridgehead atoms. The molecular weight excluding hydrogens is 353 g/mol. The van der Waals surface area contributed by atoms with Crippen molar-refractivity contribution in [3.8, 4) is 0 Å². The van der Waals surface area contributed by atoms with E-state index in [4.69, 9.17) is 5.11 Å². The second-order valence-corrected chi connectivity index (χ2v) is 8.70. The van der Waals surface area contributed by atoms with Crippen LogP contribution in [0.3, 0.4) is 0 Å². The second-order valence-electron chi connectivity index (χ2n) is 8.70. The van der Waals surface area contributed by atoms with Crippen LogP contribution in [0.2, 0.25) is 0 Å². The lowest BCUT2D eigenvalue weighted by molar-refractivity contribution is -0.171. The van der Waals surface area contributed by atoms with E-state index in [1.807, 2.05) is 0 Å². The Morgan fingerprint density at radius 1 is 0.926 bits per heavy atom. The van der Waals surface area contributed by atoms with Crippen LogP contribution in [-0.4, -0.2) is 23.2 Å². The zero-order valence-electron chi connectivity index (χ0n) is 17.7. The molecule has 0 saturated heterocycles. The number of halogens is 3. The van der Waals surface area contributed by atoms with Crippen LogP contribution in [0.1, 0.15) is 92.4 Å². The van der Waals surface area contributed by atoms with Gasteiger partial charge >= 0.3 is 11.9 Å². The Balaban J connectivity index is 3.97. The first-order chi connectivity index (χ1) is 12.5. The molecular formula is C22H39F3O2. The minimum atomic E-state index is -4.36. The first-order valence-electron chi connectivity index (χ1n) is 10.4. The van der Waals surface area contributed by atoms with Gasteiger partial charge in [0.2, 0.25) is 0 Å². The molecule has 160 valence electrons. The molecule has 0 fully saturated rings. The van der Waals surface area contributed by atoms with Crippen molar-refractivity contribution in [3.05, 3.63) is 11.6 Å². The summed E-state index contributed by atoms with van der Waals surface area (Å²) in [7, 11) is 0. The molecule has 0 radical (unpaired) electrons.